The average Bonchev–Trinajstić information content (AvgIpc) is 2.37. The number of rotatable bonds is 3. The van der Waals surface area contributed by atoms with Crippen molar-refractivity contribution in [2.24, 2.45) is 0 Å². The number of benzene rings is 1. The van der Waals surface area contributed by atoms with Crippen LogP contribution in [-0.4, -0.2) is 13.4 Å². The highest BCUT2D eigenvalue weighted by molar-refractivity contribution is 7.92. The van der Waals surface area contributed by atoms with Gasteiger partial charge < -0.3 is 5.73 Å². The third kappa shape index (κ3) is 3.49. The topological polar surface area (TPSA) is 85.1 Å². The molecule has 2 rings (SSSR count). The standard InChI is InChI=1S/C11H7Cl3FN3O2S/c12-7-1-5(15)2-8(13)10(7)18-21(19,20)6-3-9(14)11(16)17-4-6/h1-4,18H,(H2,16,17). The van der Waals surface area contributed by atoms with Crippen molar-refractivity contribution in [3.8, 4) is 0 Å². The molecule has 0 saturated carbocycles. The van der Waals surface area contributed by atoms with Crippen molar-refractivity contribution in [1.82, 2.24) is 4.98 Å². The lowest BCUT2D eigenvalue weighted by Crippen LogP contribution is -2.14. The Morgan fingerprint density at radius 2 is 1.67 bits per heavy atom. The third-order valence-corrected chi connectivity index (χ3v) is 4.61. The molecule has 0 aliphatic heterocycles. The van der Waals surface area contributed by atoms with Gasteiger partial charge in [-0.3, -0.25) is 4.72 Å². The van der Waals surface area contributed by atoms with Gasteiger partial charge in [-0.05, 0) is 18.2 Å². The molecule has 5 nitrogen and oxygen atoms in total. The average molecular weight is 371 g/mol. The van der Waals surface area contributed by atoms with Crippen molar-refractivity contribution in [2.75, 3.05) is 10.5 Å². The second-order valence-electron chi connectivity index (χ2n) is 3.89. The van der Waals surface area contributed by atoms with Gasteiger partial charge in [0, 0.05) is 6.20 Å². The molecule has 112 valence electrons. The summed E-state index contributed by atoms with van der Waals surface area (Å²) in [6.45, 7) is 0. The van der Waals surface area contributed by atoms with Crippen molar-refractivity contribution < 1.29 is 12.8 Å². The van der Waals surface area contributed by atoms with Crippen LogP contribution < -0.4 is 10.5 Å². The highest BCUT2D eigenvalue weighted by Crippen LogP contribution is 2.33. The van der Waals surface area contributed by atoms with Crippen molar-refractivity contribution in [1.29, 1.82) is 0 Å². The van der Waals surface area contributed by atoms with Gasteiger partial charge in [-0.25, -0.2) is 17.8 Å². The molecular formula is C11H7Cl3FN3O2S. The van der Waals surface area contributed by atoms with E-state index < -0.39 is 15.8 Å². The fraction of sp³-hybridized carbons (Fsp3) is 0. The van der Waals surface area contributed by atoms with E-state index in [1.807, 2.05) is 0 Å². The zero-order chi connectivity index (χ0) is 15.8. The zero-order valence-electron chi connectivity index (χ0n) is 10.1. The van der Waals surface area contributed by atoms with Crippen LogP contribution in [0.25, 0.3) is 0 Å². The molecule has 0 aliphatic carbocycles. The number of nitrogen functional groups attached to an aromatic ring is 1. The molecule has 0 spiro atoms. The first-order chi connectivity index (χ1) is 9.70. The summed E-state index contributed by atoms with van der Waals surface area (Å²) in [6.07, 6.45) is 1.02. The molecule has 0 radical (unpaired) electrons. The van der Waals surface area contributed by atoms with Crippen LogP contribution in [0.4, 0.5) is 15.9 Å². The van der Waals surface area contributed by atoms with E-state index in [1.54, 1.807) is 0 Å². The Balaban J connectivity index is 2.44. The van der Waals surface area contributed by atoms with Crippen molar-refractivity contribution in [2.45, 2.75) is 4.90 Å². The number of pyridine rings is 1. The molecule has 3 N–H and O–H groups in total. The summed E-state index contributed by atoms with van der Waals surface area (Å²) in [5.74, 6) is -0.696. The fourth-order valence-electron chi connectivity index (χ4n) is 1.41. The molecule has 0 aliphatic rings. The number of anilines is 2. The quantitative estimate of drug-likeness (QED) is 0.865. The van der Waals surface area contributed by atoms with Crippen LogP contribution in [0.1, 0.15) is 0 Å². The SMILES string of the molecule is Nc1ncc(S(=O)(=O)Nc2c(Cl)cc(F)cc2Cl)cc1Cl. The maximum Gasteiger partial charge on any atom is 0.263 e. The van der Waals surface area contributed by atoms with Gasteiger partial charge in [-0.15, -0.1) is 0 Å². The van der Waals surface area contributed by atoms with Crippen molar-refractivity contribution in [3.63, 3.8) is 0 Å². The Labute approximate surface area is 134 Å². The minimum Gasteiger partial charge on any atom is -0.382 e. The number of sulfonamides is 1. The number of nitrogens with one attached hydrogen (secondary N) is 1. The summed E-state index contributed by atoms with van der Waals surface area (Å²) in [7, 11) is -4.05. The Bertz CT molecular complexity index is 791. The lowest BCUT2D eigenvalue weighted by atomic mass is 10.3. The maximum atomic E-state index is 13.1. The molecule has 1 aromatic carbocycles. The van der Waals surface area contributed by atoms with Gasteiger partial charge in [0.15, 0.2) is 0 Å². The van der Waals surface area contributed by atoms with E-state index in [0.29, 0.717) is 0 Å². The summed E-state index contributed by atoms with van der Waals surface area (Å²) in [5, 5.41) is -0.384. The van der Waals surface area contributed by atoms with Crippen LogP contribution in [-0.2, 0) is 10.0 Å². The van der Waals surface area contributed by atoms with E-state index in [9.17, 15) is 12.8 Å². The van der Waals surface area contributed by atoms with E-state index in [4.69, 9.17) is 40.5 Å². The fourth-order valence-corrected chi connectivity index (χ4v) is 3.38. The lowest BCUT2D eigenvalue weighted by Gasteiger charge is -2.11. The first-order valence-corrected chi connectivity index (χ1v) is 7.91. The highest BCUT2D eigenvalue weighted by atomic mass is 35.5. The maximum absolute atomic E-state index is 13.1. The van der Waals surface area contributed by atoms with Crippen LogP contribution in [0, 0.1) is 5.82 Å². The van der Waals surface area contributed by atoms with Gasteiger partial charge in [-0.1, -0.05) is 34.8 Å². The molecule has 0 fully saturated rings. The Kier molecular flexibility index (Phi) is 4.48. The van der Waals surface area contributed by atoms with E-state index in [0.717, 1.165) is 24.4 Å². The number of halogens is 4. The van der Waals surface area contributed by atoms with Gasteiger partial charge in [0.1, 0.15) is 16.5 Å². The number of nitrogens with two attached hydrogens (primary N) is 1. The summed E-state index contributed by atoms with van der Waals surface area (Å²) < 4.78 is 39.6. The molecule has 2 aromatic rings. The number of hydrogen-bond donors (Lipinski definition) is 2. The summed E-state index contributed by atoms with van der Waals surface area (Å²) in [4.78, 5) is 3.41. The van der Waals surface area contributed by atoms with E-state index in [1.165, 1.54) is 0 Å². The highest BCUT2D eigenvalue weighted by Gasteiger charge is 2.20. The van der Waals surface area contributed by atoms with Crippen LogP contribution in [0.15, 0.2) is 29.3 Å². The van der Waals surface area contributed by atoms with Gasteiger partial charge in [0.25, 0.3) is 10.0 Å². The van der Waals surface area contributed by atoms with Gasteiger partial charge in [0.2, 0.25) is 0 Å². The zero-order valence-corrected chi connectivity index (χ0v) is 13.2. The van der Waals surface area contributed by atoms with E-state index in [2.05, 4.69) is 9.71 Å². The molecule has 0 bridgehead atoms. The molecule has 0 atom stereocenters. The number of aromatic nitrogens is 1. The van der Waals surface area contributed by atoms with Crippen molar-refractivity contribution >= 4 is 56.3 Å². The lowest BCUT2D eigenvalue weighted by molar-refractivity contribution is 0.600. The second kappa shape index (κ2) is 5.84. The predicted octanol–water partition coefficient (Wildman–Crippen LogP) is 3.56. The number of hydrogen-bond acceptors (Lipinski definition) is 4. The van der Waals surface area contributed by atoms with Crippen LogP contribution in [0.5, 0.6) is 0 Å². The van der Waals surface area contributed by atoms with E-state index in [-0.39, 0.29) is 31.5 Å². The number of nitrogens with zero attached hydrogens (tertiary/aromatic N) is 1. The summed E-state index contributed by atoms with van der Waals surface area (Å²) in [5.41, 5.74) is 5.26. The molecule has 0 saturated heterocycles. The van der Waals surface area contributed by atoms with Crippen LogP contribution in [0.3, 0.4) is 0 Å². The monoisotopic (exact) mass is 369 g/mol. The van der Waals surface area contributed by atoms with Crippen molar-refractivity contribution in [3.05, 3.63) is 45.3 Å². The van der Waals surface area contributed by atoms with Gasteiger partial charge in [0.05, 0.1) is 20.8 Å². The van der Waals surface area contributed by atoms with Gasteiger partial charge >= 0.3 is 0 Å². The largest absolute Gasteiger partial charge is 0.382 e. The first kappa shape index (κ1) is 16.1. The minimum atomic E-state index is -4.05. The molecular weight excluding hydrogens is 364 g/mol. The molecule has 21 heavy (non-hydrogen) atoms. The summed E-state index contributed by atoms with van der Waals surface area (Å²) in [6, 6.07) is 2.98. The molecule has 0 unspecified atom stereocenters. The smallest absolute Gasteiger partial charge is 0.263 e. The Morgan fingerprint density at radius 1 is 1.10 bits per heavy atom. The predicted molar refractivity (Wildman–Crippen MR) is 80.9 cm³/mol. The first-order valence-electron chi connectivity index (χ1n) is 5.29. The Morgan fingerprint density at radius 3 is 2.19 bits per heavy atom. The van der Waals surface area contributed by atoms with Crippen LogP contribution >= 0.6 is 34.8 Å². The second-order valence-corrected chi connectivity index (χ2v) is 6.79. The van der Waals surface area contributed by atoms with E-state index >= 15 is 0 Å². The van der Waals surface area contributed by atoms with Gasteiger partial charge in [-0.2, -0.15) is 0 Å². The molecule has 0 amide bonds. The minimum absolute atomic E-state index is 0.00605. The Hall–Kier alpha value is -1.28. The molecule has 10 heteroatoms. The third-order valence-electron chi connectivity index (χ3n) is 2.40. The van der Waals surface area contributed by atoms with Crippen LogP contribution in [0.2, 0.25) is 15.1 Å². The molecule has 1 heterocycles. The summed E-state index contributed by atoms with van der Waals surface area (Å²) >= 11 is 17.3. The normalized spacial score (nSPS) is 11.4. The molecule has 1 aromatic heterocycles.